The SMILES string of the molecule is O=[N+]([O-])c1ccc(Oc2ccccc2Oc2ccc([N+](=O)[O-])cc2[N+](=O)[O-])c([N+](=O)[O-])c1. The molecule has 0 amide bonds. The van der Waals surface area contributed by atoms with Crippen LogP contribution >= 0.6 is 0 Å². The van der Waals surface area contributed by atoms with Gasteiger partial charge in [0, 0.05) is 12.1 Å². The van der Waals surface area contributed by atoms with Gasteiger partial charge in [-0.25, -0.2) is 0 Å². The summed E-state index contributed by atoms with van der Waals surface area (Å²) in [4.78, 5) is 41.0. The first-order chi connectivity index (χ1) is 15.2. The highest BCUT2D eigenvalue weighted by atomic mass is 16.6. The van der Waals surface area contributed by atoms with Gasteiger partial charge in [0.05, 0.1) is 31.8 Å². The zero-order valence-corrected chi connectivity index (χ0v) is 15.6. The van der Waals surface area contributed by atoms with E-state index in [0.717, 1.165) is 36.4 Å². The van der Waals surface area contributed by atoms with Crippen LogP contribution in [0.2, 0.25) is 0 Å². The second kappa shape index (κ2) is 8.70. The van der Waals surface area contributed by atoms with Gasteiger partial charge in [-0.15, -0.1) is 0 Å². The number of hydrogen-bond acceptors (Lipinski definition) is 10. The van der Waals surface area contributed by atoms with E-state index in [0.29, 0.717) is 0 Å². The van der Waals surface area contributed by atoms with Gasteiger partial charge < -0.3 is 9.47 Å². The fraction of sp³-hybridized carbons (Fsp3) is 0. The van der Waals surface area contributed by atoms with E-state index in [1.54, 1.807) is 0 Å². The minimum Gasteiger partial charge on any atom is -0.446 e. The smallest absolute Gasteiger partial charge is 0.318 e. The molecular formula is C18H10N4O10. The Labute approximate surface area is 176 Å². The highest BCUT2D eigenvalue weighted by Gasteiger charge is 2.24. The zero-order valence-electron chi connectivity index (χ0n) is 15.6. The predicted molar refractivity (Wildman–Crippen MR) is 106 cm³/mol. The van der Waals surface area contributed by atoms with Gasteiger partial charge in [0.1, 0.15) is 0 Å². The summed E-state index contributed by atoms with van der Waals surface area (Å²) in [5, 5.41) is 44.4. The normalized spacial score (nSPS) is 10.2. The summed E-state index contributed by atoms with van der Waals surface area (Å²) < 4.78 is 11.0. The first-order valence-electron chi connectivity index (χ1n) is 8.47. The summed E-state index contributed by atoms with van der Waals surface area (Å²) >= 11 is 0. The summed E-state index contributed by atoms with van der Waals surface area (Å²) in [5.41, 5.74) is -2.41. The van der Waals surface area contributed by atoms with Crippen molar-refractivity contribution in [3.8, 4) is 23.0 Å². The Bertz CT molecular complexity index is 1160. The van der Waals surface area contributed by atoms with Crippen LogP contribution in [0.5, 0.6) is 23.0 Å². The van der Waals surface area contributed by atoms with E-state index < -0.39 is 42.4 Å². The van der Waals surface area contributed by atoms with Crippen LogP contribution in [0, 0.1) is 40.5 Å². The fourth-order valence-electron chi connectivity index (χ4n) is 2.55. The quantitative estimate of drug-likeness (QED) is 0.342. The number of benzene rings is 3. The predicted octanol–water partition coefficient (Wildman–Crippen LogP) is 4.90. The van der Waals surface area contributed by atoms with Crippen molar-refractivity contribution in [2.24, 2.45) is 0 Å². The number of para-hydroxylation sites is 2. The van der Waals surface area contributed by atoms with E-state index in [9.17, 15) is 40.5 Å². The molecule has 32 heavy (non-hydrogen) atoms. The molecule has 3 aromatic carbocycles. The lowest BCUT2D eigenvalue weighted by atomic mass is 10.2. The Morgan fingerprint density at radius 2 is 0.875 bits per heavy atom. The van der Waals surface area contributed by atoms with Crippen LogP contribution in [0.1, 0.15) is 0 Å². The van der Waals surface area contributed by atoms with Crippen LogP contribution in [-0.4, -0.2) is 19.7 Å². The van der Waals surface area contributed by atoms with Gasteiger partial charge in [-0.1, -0.05) is 12.1 Å². The van der Waals surface area contributed by atoms with Crippen LogP contribution in [0.3, 0.4) is 0 Å². The Balaban J connectivity index is 2.00. The fourth-order valence-corrected chi connectivity index (χ4v) is 2.55. The number of rotatable bonds is 8. The Hall–Kier alpha value is -5.14. The first kappa shape index (κ1) is 21.6. The van der Waals surface area contributed by atoms with Gasteiger partial charge in [-0.05, 0) is 24.3 Å². The maximum absolute atomic E-state index is 11.3. The molecule has 0 aromatic heterocycles. The third-order valence-electron chi connectivity index (χ3n) is 3.99. The number of nitro benzene ring substituents is 4. The van der Waals surface area contributed by atoms with Crippen molar-refractivity contribution in [3.05, 3.63) is 101 Å². The van der Waals surface area contributed by atoms with Gasteiger partial charge in [0.25, 0.3) is 11.4 Å². The number of ether oxygens (including phenoxy) is 2. The largest absolute Gasteiger partial charge is 0.446 e. The highest BCUT2D eigenvalue weighted by molar-refractivity contribution is 5.58. The molecule has 14 nitrogen and oxygen atoms in total. The topological polar surface area (TPSA) is 191 Å². The average molecular weight is 442 g/mol. The van der Waals surface area contributed by atoms with Gasteiger partial charge in [0.15, 0.2) is 11.5 Å². The molecule has 14 heteroatoms. The van der Waals surface area contributed by atoms with Gasteiger partial charge in [-0.2, -0.15) is 0 Å². The molecule has 0 aliphatic rings. The molecule has 0 aliphatic carbocycles. The van der Waals surface area contributed by atoms with Crippen molar-refractivity contribution in [1.29, 1.82) is 0 Å². The number of nitro groups is 4. The van der Waals surface area contributed by atoms with E-state index in [1.807, 2.05) is 0 Å². The maximum atomic E-state index is 11.3. The molecule has 0 bridgehead atoms. The molecule has 0 radical (unpaired) electrons. The lowest BCUT2D eigenvalue weighted by molar-refractivity contribution is -0.394. The molecule has 0 spiro atoms. The average Bonchev–Trinajstić information content (AvgIpc) is 2.75. The Morgan fingerprint density at radius 3 is 1.19 bits per heavy atom. The molecule has 0 saturated carbocycles. The van der Waals surface area contributed by atoms with E-state index >= 15 is 0 Å². The van der Waals surface area contributed by atoms with Crippen LogP contribution in [-0.2, 0) is 0 Å². The van der Waals surface area contributed by atoms with Crippen LogP contribution < -0.4 is 9.47 Å². The number of non-ortho nitro benzene ring substituents is 2. The number of nitrogens with zero attached hydrogens (tertiary/aromatic N) is 4. The molecule has 0 unspecified atom stereocenters. The summed E-state index contributed by atoms with van der Waals surface area (Å²) in [6.07, 6.45) is 0. The van der Waals surface area contributed by atoms with E-state index in [2.05, 4.69) is 0 Å². The summed E-state index contributed by atoms with van der Waals surface area (Å²) in [5.74, 6) is -0.876. The molecule has 0 fully saturated rings. The van der Waals surface area contributed by atoms with Crippen LogP contribution in [0.25, 0.3) is 0 Å². The lowest BCUT2D eigenvalue weighted by Crippen LogP contribution is -1.98. The van der Waals surface area contributed by atoms with Gasteiger partial charge in [0.2, 0.25) is 11.5 Å². The third kappa shape index (κ3) is 4.54. The van der Waals surface area contributed by atoms with Crippen LogP contribution in [0.4, 0.5) is 22.7 Å². The summed E-state index contributed by atoms with van der Waals surface area (Å²) in [6.45, 7) is 0. The lowest BCUT2D eigenvalue weighted by Gasteiger charge is -2.12. The van der Waals surface area contributed by atoms with E-state index in [4.69, 9.17) is 9.47 Å². The van der Waals surface area contributed by atoms with Crippen molar-refractivity contribution < 1.29 is 29.2 Å². The molecule has 3 aromatic rings. The standard InChI is InChI=1S/C18H10N4O10/c23-19(24)11-5-7-15(13(9-11)21(27)28)31-17-3-1-2-4-18(17)32-16-8-6-12(20(25)26)10-14(16)22(29)30/h1-10H. The second-order valence-corrected chi connectivity index (χ2v) is 5.98. The summed E-state index contributed by atoms with van der Waals surface area (Å²) in [7, 11) is 0. The molecule has 0 heterocycles. The molecular weight excluding hydrogens is 432 g/mol. The maximum Gasteiger partial charge on any atom is 0.318 e. The first-order valence-corrected chi connectivity index (χ1v) is 8.47. The molecule has 0 N–H and O–H groups in total. The number of hydrogen-bond donors (Lipinski definition) is 0. The van der Waals surface area contributed by atoms with Crippen molar-refractivity contribution in [1.82, 2.24) is 0 Å². The molecule has 3 rings (SSSR count). The van der Waals surface area contributed by atoms with Crippen molar-refractivity contribution in [2.45, 2.75) is 0 Å². The minimum atomic E-state index is -0.868. The minimum absolute atomic E-state index is 0.0999. The Kier molecular flexibility index (Phi) is 5.86. The Morgan fingerprint density at radius 1 is 0.500 bits per heavy atom. The zero-order chi connectivity index (χ0) is 23.4. The third-order valence-corrected chi connectivity index (χ3v) is 3.99. The monoisotopic (exact) mass is 442 g/mol. The molecule has 0 saturated heterocycles. The molecule has 162 valence electrons. The van der Waals surface area contributed by atoms with Crippen molar-refractivity contribution in [2.75, 3.05) is 0 Å². The second-order valence-electron chi connectivity index (χ2n) is 5.98. The highest BCUT2D eigenvalue weighted by Crippen LogP contribution is 2.41. The molecule has 0 atom stereocenters. The van der Waals surface area contributed by atoms with E-state index in [1.165, 1.54) is 24.3 Å². The van der Waals surface area contributed by atoms with Gasteiger partial charge in [-0.3, -0.25) is 40.5 Å². The van der Waals surface area contributed by atoms with Gasteiger partial charge >= 0.3 is 11.4 Å². The summed E-state index contributed by atoms with van der Waals surface area (Å²) in [6, 6.07) is 11.2. The van der Waals surface area contributed by atoms with Crippen LogP contribution in [0.15, 0.2) is 60.7 Å². The van der Waals surface area contributed by atoms with Crippen molar-refractivity contribution >= 4 is 22.7 Å². The molecule has 0 aliphatic heterocycles. The van der Waals surface area contributed by atoms with E-state index in [-0.39, 0.29) is 23.0 Å². The van der Waals surface area contributed by atoms with Crippen molar-refractivity contribution in [3.63, 3.8) is 0 Å².